The van der Waals surface area contributed by atoms with Gasteiger partial charge in [-0.15, -0.1) is 0 Å². The molecule has 0 radical (unpaired) electrons. The lowest BCUT2D eigenvalue weighted by atomic mass is 9.98. The summed E-state index contributed by atoms with van der Waals surface area (Å²) in [5.74, 6) is 0.0549. The first-order valence-electron chi connectivity index (χ1n) is 10.9. The summed E-state index contributed by atoms with van der Waals surface area (Å²) in [5.41, 5.74) is 2.86. The average molecular weight is 402 g/mol. The van der Waals surface area contributed by atoms with Crippen molar-refractivity contribution in [1.29, 1.82) is 0 Å². The van der Waals surface area contributed by atoms with Crippen LogP contribution in [0.5, 0.6) is 0 Å². The van der Waals surface area contributed by atoms with Crippen LogP contribution in [0.1, 0.15) is 31.4 Å². The van der Waals surface area contributed by atoms with Gasteiger partial charge in [-0.25, -0.2) is 4.79 Å². The maximum atomic E-state index is 12.6. The highest BCUT2D eigenvalue weighted by Crippen LogP contribution is 2.21. The second-order valence-electron chi connectivity index (χ2n) is 7.95. The third-order valence-electron chi connectivity index (χ3n) is 6.04. The first-order chi connectivity index (χ1) is 14.1. The monoisotopic (exact) mass is 401 g/mol. The molecule has 1 fully saturated rings. The number of likely N-dealkylation sites (N-methyl/N-ethyl adjacent to an activating group) is 1. The minimum atomic E-state index is 0.0125. The average Bonchev–Trinajstić information content (AvgIpc) is 2.74. The van der Waals surface area contributed by atoms with Crippen LogP contribution >= 0.6 is 0 Å². The fourth-order valence-electron chi connectivity index (χ4n) is 4.24. The topological polar surface area (TPSA) is 67.9 Å². The van der Waals surface area contributed by atoms with E-state index in [9.17, 15) is 9.59 Å². The highest BCUT2D eigenvalue weighted by atomic mass is 16.2. The van der Waals surface area contributed by atoms with Crippen molar-refractivity contribution in [1.82, 2.24) is 25.3 Å². The van der Waals surface area contributed by atoms with E-state index in [0.717, 1.165) is 39.0 Å². The lowest BCUT2D eigenvalue weighted by Crippen LogP contribution is -2.55. The van der Waals surface area contributed by atoms with Gasteiger partial charge in [-0.05, 0) is 30.9 Å². The highest BCUT2D eigenvalue weighted by molar-refractivity contribution is 5.78. The van der Waals surface area contributed by atoms with Gasteiger partial charge in [0.1, 0.15) is 0 Å². The molecule has 160 valence electrons. The predicted octanol–water partition coefficient (Wildman–Crippen LogP) is 1.29. The van der Waals surface area contributed by atoms with Crippen molar-refractivity contribution >= 4 is 11.9 Å². The van der Waals surface area contributed by atoms with Crippen LogP contribution in [0.2, 0.25) is 0 Å². The summed E-state index contributed by atoms with van der Waals surface area (Å²) in [5, 5.41) is 5.97. The van der Waals surface area contributed by atoms with Crippen molar-refractivity contribution in [3.05, 3.63) is 35.4 Å². The molecule has 7 heteroatoms. The van der Waals surface area contributed by atoms with Crippen molar-refractivity contribution in [3.63, 3.8) is 0 Å². The quantitative estimate of drug-likeness (QED) is 0.722. The van der Waals surface area contributed by atoms with E-state index >= 15 is 0 Å². The van der Waals surface area contributed by atoms with E-state index in [1.807, 2.05) is 11.8 Å². The molecule has 3 amide bonds. The second-order valence-corrected chi connectivity index (χ2v) is 7.95. The molecular formula is C22H35N5O2. The smallest absolute Gasteiger partial charge is 0.317 e. The lowest BCUT2D eigenvalue weighted by Gasteiger charge is -2.37. The third kappa shape index (κ3) is 5.93. The van der Waals surface area contributed by atoms with E-state index in [0.29, 0.717) is 38.8 Å². The van der Waals surface area contributed by atoms with Crippen molar-refractivity contribution in [2.75, 3.05) is 52.4 Å². The van der Waals surface area contributed by atoms with E-state index in [4.69, 9.17) is 0 Å². The van der Waals surface area contributed by atoms with E-state index in [1.54, 1.807) is 0 Å². The van der Waals surface area contributed by atoms with Crippen LogP contribution in [0.4, 0.5) is 4.79 Å². The Balaban J connectivity index is 1.42. The fourth-order valence-corrected chi connectivity index (χ4v) is 4.24. The Morgan fingerprint density at radius 2 is 1.72 bits per heavy atom. The zero-order valence-corrected chi connectivity index (χ0v) is 17.8. The Morgan fingerprint density at radius 1 is 1.00 bits per heavy atom. The molecule has 2 aliphatic rings. The van der Waals surface area contributed by atoms with Crippen LogP contribution in [0, 0.1) is 0 Å². The van der Waals surface area contributed by atoms with E-state index in [1.165, 1.54) is 11.1 Å². The second kappa shape index (κ2) is 10.6. The van der Waals surface area contributed by atoms with E-state index in [-0.39, 0.29) is 11.9 Å². The minimum Gasteiger partial charge on any atom is -0.355 e. The normalized spacial score (nSPS) is 18.8. The van der Waals surface area contributed by atoms with Crippen LogP contribution in [-0.2, 0) is 17.8 Å². The number of nitrogens with zero attached hydrogens (tertiary/aromatic N) is 3. The van der Waals surface area contributed by atoms with E-state index in [2.05, 4.69) is 51.6 Å². The molecule has 0 saturated carbocycles. The van der Waals surface area contributed by atoms with Gasteiger partial charge in [0.25, 0.3) is 0 Å². The van der Waals surface area contributed by atoms with Crippen molar-refractivity contribution in [2.45, 2.75) is 39.3 Å². The number of urea groups is 1. The molecule has 0 aromatic heterocycles. The molecule has 1 atom stereocenters. The standard InChI is InChI=1S/C22H35N5O2/c1-3-20(27-10-9-18-7-5-6-8-19(18)16-27)15-24-22(29)26-13-11-25(12-14-26)17-21(28)23-4-2/h5-8,20H,3-4,9-17H2,1-2H3,(H,23,28)(H,24,29). The summed E-state index contributed by atoms with van der Waals surface area (Å²) in [7, 11) is 0. The van der Waals surface area contributed by atoms with Gasteiger partial charge in [0.15, 0.2) is 0 Å². The van der Waals surface area contributed by atoms with Gasteiger partial charge in [-0.2, -0.15) is 0 Å². The van der Waals surface area contributed by atoms with Gasteiger partial charge in [-0.1, -0.05) is 31.2 Å². The largest absolute Gasteiger partial charge is 0.355 e. The zero-order chi connectivity index (χ0) is 20.6. The number of nitrogens with one attached hydrogen (secondary N) is 2. The SMILES string of the molecule is CCNC(=O)CN1CCN(C(=O)NCC(CC)N2CCc3ccccc3C2)CC1. The van der Waals surface area contributed by atoms with Gasteiger partial charge in [0.05, 0.1) is 6.54 Å². The maximum absolute atomic E-state index is 12.6. The highest BCUT2D eigenvalue weighted by Gasteiger charge is 2.25. The molecule has 7 nitrogen and oxygen atoms in total. The number of hydrogen-bond acceptors (Lipinski definition) is 4. The molecule has 2 N–H and O–H groups in total. The fraction of sp³-hybridized carbons (Fsp3) is 0.636. The summed E-state index contributed by atoms with van der Waals surface area (Å²) in [6.45, 7) is 10.7. The summed E-state index contributed by atoms with van der Waals surface area (Å²) >= 11 is 0. The third-order valence-corrected chi connectivity index (χ3v) is 6.04. The molecule has 0 aliphatic carbocycles. The summed E-state index contributed by atoms with van der Waals surface area (Å²) < 4.78 is 0. The number of hydrogen-bond donors (Lipinski definition) is 2. The zero-order valence-electron chi connectivity index (χ0n) is 17.8. The molecule has 3 rings (SSSR count). The Hall–Kier alpha value is -2.12. The van der Waals surface area contributed by atoms with Crippen LogP contribution in [-0.4, -0.2) is 85.0 Å². The Bertz CT molecular complexity index is 688. The molecular weight excluding hydrogens is 366 g/mol. The first kappa shape index (κ1) is 21.6. The summed E-state index contributed by atoms with van der Waals surface area (Å²) in [6.07, 6.45) is 2.09. The molecule has 29 heavy (non-hydrogen) atoms. The molecule has 1 aromatic rings. The van der Waals surface area contributed by atoms with Crippen molar-refractivity contribution in [3.8, 4) is 0 Å². The predicted molar refractivity (Wildman–Crippen MR) is 115 cm³/mol. The Kier molecular flexibility index (Phi) is 7.89. The molecule has 1 aromatic carbocycles. The van der Waals surface area contributed by atoms with Crippen LogP contribution in [0.3, 0.4) is 0 Å². The minimum absolute atomic E-state index is 0.0125. The lowest BCUT2D eigenvalue weighted by molar-refractivity contribution is -0.122. The number of rotatable bonds is 7. The molecule has 0 spiro atoms. The summed E-state index contributed by atoms with van der Waals surface area (Å²) in [4.78, 5) is 30.8. The maximum Gasteiger partial charge on any atom is 0.317 e. The van der Waals surface area contributed by atoms with E-state index < -0.39 is 0 Å². The van der Waals surface area contributed by atoms with Crippen LogP contribution in [0.15, 0.2) is 24.3 Å². The number of amides is 3. The number of carbonyl (C=O) groups is 2. The molecule has 1 unspecified atom stereocenters. The Morgan fingerprint density at radius 3 is 2.41 bits per heavy atom. The van der Waals surface area contributed by atoms with Gasteiger partial charge in [0.2, 0.25) is 5.91 Å². The molecule has 2 aliphatic heterocycles. The van der Waals surface area contributed by atoms with Crippen LogP contribution in [0.25, 0.3) is 0 Å². The van der Waals surface area contributed by atoms with Crippen LogP contribution < -0.4 is 10.6 Å². The van der Waals surface area contributed by atoms with Crippen molar-refractivity contribution in [2.24, 2.45) is 0 Å². The van der Waals surface area contributed by atoms with Gasteiger partial charge >= 0.3 is 6.03 Å². The number of piperazine rings is 1. The van der Waals surface area contributed by atoms with Gasteiger partial charge in [-0.3, -0.25) is 14.6 Å². The molecule has 2 heterocycles. The number of carbonyl (C=O) groups excluding carboxylic acids is 2. The number of benzene rings is 1. The first-order valence-corrected chi connectivity index (χ1v) is 10.9. The van der Waals surface area contributed by atoms with Gasteiger partial charge in [0, 0.05) is 58.4 Å². The number of fused-ring (bicyclic) bond motifs is 1. The molecule has 1 saturated heterocycles. The Labute approximate surface area is 174 Å². The summed E-state index contributed by atoms with van der Waals surface area (Å²) in [6, 6.07) is 9.02. The van der Waals surface area contributed by atoms with Gasteiger partial charge < -0.3 is 15.5 Å². The van der Waals surface area contributed by atoms with Crippen molar-refractivity contribution < 1.29 is 9.59 Å². The molecule has 0 bridgehead atoms.